The van der Waals surface area contributed by atoms with Gasteiger partial charge in [-0.1, -0.05) is 51.1 Å². The maximum Gasteiger partial charge on any atom is 0.314 e. The van der Waals surface area contributed by atoms with Gasteiger partial charge in [0.25, 0.3) is 0 Å². The molecule has 0 amide bonds. The summed E-state index contributed by atoms with van der Waals surface area (Å²) in [5.41, 5.74) is 6.49. The number of nitrogens with one attached hydrogen (secondary N) is 3. The smallest absolute Gasteiger partial charge is 0.314 e. The number of nitrogens with zero attached hydrogens (tertiary/aromatic N) is 4. The molecule has 0 bridgehead atoms. The van der Waals surface area contributed by atoms with E-state index in [0.717, 1.165) is 66.4 Å². The number of aromatic amines is 3. The Balaban J connectivity index is 1.17. The summed E-state index contributed by atoms with van der Waals surface area (Å²) in [5, 5.41) is 0. The number of rotatable bonds is 4. The van der Waals surface area contributed by atoms with E-state index in [0.29, 0.717) is 11.0 Å². The molecule has 0 unspecified atom stereocenters. The lowest BCUT2D eigenvalue weighted by Crippen LogP contribution is -2.46. The molecule has 6 rings (SSSR count). The summed E-state index contributed by atoms with van der Waals surface area (Å²) in [6.07, 6.45) is 3.75. The lowest BCUT2D eigenvalue weighted by Gasteiger charge is -2.36. The number of hydrogen-bond acceptors (Lipinski definition) is 6. The molecule has 0 aliphatic carbocycles. The molecule has 0 atom stereocenters. The van der Waals surface area contributed by atoms with Crippen molar-refractivity contribution in [2.45, 2.75) is 32.7 Å². The number of imidazole rings is 1. The van der Waals surface area contributed by atoms with E-state index in [1.165, 1.54) is 5.56 Å². The number of aromatic nitrogens is 5. The molecule has 1 saturated heterocycles. The SMILES string of the molecule is CC(C)(C)c1ccc(-c2nc3c(N4CCN(Cc5ccc6[nH]c(=O)c(=O)[nH]c6c5)CC4)cncc3[nH]2)cc1. The molecule has 5 aromatic rings. The summed E-state index contributed by atoms with van der Waals surface area (Å²) in [5.74, 6) is 0.851. The summed E-state index contributed by atoms with van der Waals surface area (Å²) in [4.78, 5) is 46.2. The van der Waals surface area contributed by atoms with E-state index in [-0.39, 0.29) is 5.41 Å². The number of hydrogen-bond donors (Lipinski definition) is 3. The Hall–Kier alpha value is -4.24. The second kappa shape index (κ2) is 9.25. The maximum atomic E-state index is 11.7. The van der Waals surface area contributed by atoms with Crippen molar-refractivity contribution in [3.63, 3.8) is 0 Å². The van der Waals surface area contributed by atoms with E-state index < -0.39 is 11.1 Å². The zero-order chi connectivity index (χ0) is 26.4. The third-order valence-electron chi connectivity index (χ3n) is 7.31. The van der Waals surface area contributed by atoms with Crippen LogP contribution in [0.2, 0.25) is 0 Å². The first-order chi connectivity index (χ1) is 18.2. The second-order valence-electron chi connectivity index (χ2n) is 11.0. The molecule has 1 aliphatic heterocycles. The van der Waals surface area contributed by atoms with Crippen molar-refractivity contribution in [2.75, 3.05) is 31.1 Å². The van der Waals surface area contributed by atoms with Crippen LogP contribution in [0.1, 0.15) is 31.9 Å². The Morgan fingerprint density at radius 3 is 2.24 bits per heavy atom. The first kappa shape index (κ1) is 24.1. The van der Waals surface area contributed by atoms with Gasteiger partial charge in [-0.05, 0) is 28.7 Å². The van der Waals surface area contributed by atoms with Gasteiger partial charge in [0.15, 0.2) is 0 Å². The quantitative estimate of drug-likeness (QED) is 0.318. The molecule has 0 radical (unpaired) electrons. The molecule has 38 heavy (non-hydrogen) atoms. The molecule has 1 aliphatic rings. The van der Waals surface area contributed by atoms with E-state index in [1.807, 2.05) is 30.6 Å². The summed E-state index contributed by atoms with van der Waals surface area (Å²) < 4.78 is 0. The third kappa shape index (κ3) is 4.61. The Bertz CT molecular complexity index is 1730. The van der Waals surface area contributed by atoms with Gasteiger partial charge in [-0.15, -0.1) is 0 Å². The Morgan fingerprint density at radius 1 is 0.816 bits per heavy atom. The van der Waals surface area contributed by atoms with Crippen LogP contribution in [0.15, 0.2) is 64.4 Å². The predicted molar refractivity (Wildman–Crippen MR) is 151 cm³/mol. The van der Waals surface area contributed by atoms with E-state index in [9.17, 15) is 9.59 Å². The fourth-order valence-electron chi connectivity index (χ4n) is 5.08. The number of H-pyrrole nitrogens is 3. The van der Waals surface area contributed by atoms with Crippen molar-refractivity contribution in [3.8, 4) is 11.4 Å². The van der Waals surface area contributed by atoms with Gasteiger partial charge in [0.1, 0.15) is 11.3 Å². The van der Waals surface area contributed by atoms with Crippen molar-refractivity contribution < 1.29 is 0 Å². The van der Waals surface area contributed by atoms with E-state index in [2.05, 4.69) is 74.8 Å². The van der Waals surface area contributed by atoms with Crippen LogP contribution in [0, 0.1) is 0 Å². The average molecular weight is 510 g/mol. The van der Waals surface area contributed by atoms with Crippen LogP contribution in [-0.2, 0) is 12.0 Å². The average Bonchev–Trinajstić information content (AvgIpc) is 3.34. The van der Waals surface area contributed by atoms with Crippen LogP contribution in [0.3, 0.4) is 0 Å². The van der Waals surface area contributed by atoms with E-state index in [4.69, 9.17) is 4.98 Å². The fraction of sp³-hybridized carbons (Fsp3) is 0.310. The highest BCUT2D eigenvalue weighted by Gasteiger charge is 2.21. The number of pyridine rings is 1. The zero-order valence-electron chi connectivity index (χ0n) is 21.8. The van der Waals surface area contributed by atoms with Gasteiger partial charge in [0.05, 0.1) is 34.6 Å². The highest BCUT2D eigenvalue weighted by Crippen LogP contribution is 2.30. The highest BCUT2D eigenvalue weighted by atomic mass is 16.2. The summed E-state index contributed by atoms with van der Waals surface area (Å²) in [7, 11) is 0. The van der Waals surface area contributed by atoms with Crippen molar-refractivity contribution >= 4 is 27.8 Å². The van der Waals surface area contributed by atoms with Crippen molar-refractivity contribution in [1.82, 2.24) is 29.8 Å². The molecule has 2 aromatic carbocycles. The molecule has 194 valence electrons. The minimum absolute atomic E-state index is 0.110. The van der Waals surface area contributed by atoms with Crippen LogP contribution in [0.25, 0.3) is 33.5 Å². The number of piperazine rings is 1. The first-order valence-electron chi connectivity index (χ1n) is 12.9. The molecule has 4 heterocycles. The zero-order valence-corrected chi connectivity index (χ0v) is 21.8. The molecule has 9 heteroatoms. The maximum absolute atomic E-state index is 11.7. The Morgan fingerprint density at radius 2 is 1.53 bits per heavy atom. The van der Waals surface area contributed by atoms with Gasteiger partial charge in [-0.25, -0.2) is 4.98 Å². The van der Waals surface area contributed by atoms with Gasteiger partial charge in [-0.3, -0.25) is 19.5 Å². The number of anilines is 1. The van der Waals surface area contributed by atoms with Crippen LogP contribution in [-0.4, -0.2) is 56.0 Å². The van der Waals surface area contributed by atoms with Gasteiger partial charge in [-0.2, -0.15) is 0 Å². The molecule has 3 aromatic heterocycles. The predicted octanol–water partition coefficient (Wildman–Crippen LogP) is 3.77. The highest BCUT2D eigenvalue weighted by molar-refractivity contribution is 5.90. The minimum atomic E-state index is -0.631. The summed E-state index contributed by atoms with van der Waals surface area (Å²) in [6.45, 7) is 10.9. The van der Waals surface area contributed by atoms with Crippen molar-refractivity contribution in [1.29, 1.82) is 0 Å². The molecular formula is C29H31N7O2. The van der Waals surface area contributed by atoms with Crippen LogP contribution in [0.5, 0.6) is 0 Å². The summed E-state index contributed by atoms with van der Waals surface area (Å²) in [6, 6.07) is 14.4. The molecule has 3 N–H and O–H groups in total. The minimum Gasteiger partial charge on any atom is -0.366 e. The fourth-order valence-corrected chi connectivity index (χ4v) is 5.08. The lowest BCUT2D eigenvalue weighted by molar-refractivity contribution is 0.250. The number of fused-ring (bicyclic) bond motifs is 2. The van der Waals surface area contributed by atoms with Crippen LogP contribution >= 0.6 is 0 Å². The molecule has 0 spiro atoms. The van der Waals surface area contributed by atoms with Crippen LogP contribution < -0.4 is 16.0 Å². The van der Waals surface area contributed by atoms with Gasteiger partial charge in [0.2, 0.25) is 0 Å². The van der Waals surface area contributed by atoms with E-state index >= 15 is 0 Å². The third-order valence-corrected chi connectivity index (χ3v) is 7.31. The summed E-state index contributed by atoms with van der Waals surface area (Å²) >= 11 is 0. The Kier molecular flexibility index (Phi) is 5.87. The molecule has 9 nitrogen and oxygen atoms in total. The van der Waals surface area contributed by atoms with Crippen molar-refractivity contribution in [2.24, 2.45) is 0 Å². The van der Waals surface area contributed by atoms with Crippen LogP contribution in [0.4, 0.5) is 5.69 Å². The number of benzene rings is 2. The normalized spacial score (nSPS) is 15.0. The van der Waals surface area contributed by atoms with Crippen molar-refractivity contribution in [3.05, 3.63) is 86.7 Å². The molecular weight excluding hydrogens is 478 g/mol. The van der Waals surface area contributed by atoms with Gasteiger partial charge < -0.3 is 19.9 Å². The first-order valence-corrected chi connectivity index (χ1v) is 12.9. The largest absolute Gasteiger partial charge is 0.366 e. The molecule has 1 fully saturated rings. The lowest BCUT2D eigenvalue weighted by atomic mass is 9.87. The van der Waals surface area contributed by atoms with Gasteiger partial charge in [0, 0.05) is 38.3 Å². The standard InChI is InChI=1S/C29H31N7O2/c1-29(2,3)20-7-5-19(6-8-20)26-31-23-15-30-16-24(25(23)34-26)36-12-10-35(11-13-36)17-18-4-9-21-22(14-18)33-28(38)27(37)32-21/h4-9,14-16H,10-13,17H2,1-3H3,(H,31,34)(H,32,37)(H,33,38). The van der Waals surface area contributed by atoms with E-state index in [1.54, 1.807) is 0 Å². The molecule has 0 saturated carbocycles. The Labute approximate surface area is 219 Å². The monoisotopic (exact) mass is 509 g/mol. The second-order valence-corrected chi connectivity index (χ2v) is 11.0. The van der Waals surface area contributed by atoms with Gasteiger partial charge >= 0.3 is 11.1 Å². The topological polar surface area (TPSA) is 114 Å².